The summed E-state index contributed by atoms with van der Waals surface area (Å²) in [5, 5.41) is 2.60. The number of likely N-dealkylation sites (N-methyl/N-ethyl adjacent to an activating group) is 1. The number of carbonyl (C=O) groups excluding carboxylic acids is 2. The molecule has 0 aliphatic heterocycles. The normalized spacial score (nSPS) is 12.7. The van der Waals surface area contributed by atoms with Gasteiger partial charge in [-0.1, -0.05) is 40.9 Å². The Bertz CT molecular complexity index is 1230. The number of sulfonamides is 1. The number of nitrogens with zero attached hydrogens (tertiary/aromatic N) is 2. The van der Waals surface area contributed by atoms with E-state index in [1.165, 1.54) is 32.2 Å². The van der Waals surface area contributed by atoms with Crippen LogP contribution in [0.3, 0.4) is 0 Å². The van der Waals surface area contributed by atoms with Crippen LogP contribution in [0.4, 0.5) is 18.9 Å². The van der Waals surface area contributed by atoms with E-state index in [0.29, 0.717) is 27.0 Å². The summed E-state index contributed by atoms with van der Waals surface area (Å²) in [6.45, 7) is 0.270. The highest BCUT2D eigenvalue weighted by Gasteiger charge is 2.34. The highest BCUT2D eigenvalue weighted by atomic mass is 35.5. The standard InChI is InChI=1S/C21H21Cl3F3N3O4S/c1-12(20(32)28-2)29(10-13-4-6-15(22)9-17(13)24)19(31)11-30(35(3,33)34)18-8-14(21(25,26)27)5-7-16(18)23/h4-9,12H,10-11H2,1-3H3,(H,28,32). The van der Waals surface area contributed by atoms with Crippen molar-refractivity contribution in [2.24, 2.45) is 0 Å². The van der Waals surface area contributed by atoms with Crippen LogP contribution < -0.4 is 9.62 Å². The molecule has 14 heteroatoms. The predicted molar refractivity (Wildman–Crippen MR) is 129 cm³/mol. The Labute approximate surface area is 215 Å². The fourth-order valence-corrected chi connectivity index (χ4v) is 4.69. The van der Waals surface area contributed by atoms with Crippen molar-refractivity contribution in [2.45, 2.75) is 25.7 Å². The first kappa shape index (κ1) is 29.0. The molecule has 0 aromatic heterocycles. The maximum Gasteiger partial charge on any atom is 0.416 e. The molecule has 0 saturated carbocycles. The first-order chi connectivity index (χ1) is 16.1. The fraction of sp³-hybridized carbons (Fsp3) is 0.333. The lowest BCUT2D eigenvalue weighted by molar-refractivity contribution is -0.139. The van der Waals surface area contributed by atoms with Gasteiger partial charge in [-0.05, 0) is 42.8 Å². The van der Waals surface area contributed by atoms with E-state index < -0.39 is 51.9 Å². The van der Waals surface area contributed by atoms with Crippen LogP contribution in [0.5, 0.6) is 0 Å². The molecule has 0 heterocycles. The van der Waals surface area contributed by atoms with Crippen LogP contribution in [0.2, 0.25) is 15.1 Å². The third-order valence-corrected chi connectivity index (χ3v) is 7.02. The van der Waals surface area contributed by atoms with Crippen molar-refractivity contribution >= 4 is 62.3 Å². The summed E-state index contributed by atoms with van der Waals surface area (Å²) in [6.07, 6.45) is -4.06. The summed E-state index contributed by atoms with van der Waals surface area (Å²) >= 11 is 18.1. The van der Waals surface area contributed by atoms with Crippen molar-refractivity contribution in [3.05, 3.63) is 62.6 Å². The van der Waals surface area contributed by atoms with E-state index in [0.717, 1.165) is 17.2 Å². The van der Waals surface area contributed by atoms with E-state index in [1.807, 2.05) is 0 Å². The van der Waals surface area contributed by atoms with Crippen LogP contribution in [0.1, 0.15) is 18.1 Å². The summed E-state index contributed by atoms with van der Waals surface area (Å²) < 4.78 is 65.2. The molecule has 1 atom stereocenters. The molecular weight excluding hydrogens is 554 g/mol. The number of carbonyl (C=O) groups is 2. The van der Waals surface area contributed by atoms with E-state index in [4.69, 9.17) is 34.8 Å². The zero-order chi connectivity index (χ0) is 26.7. The van der Waals surface area contributed by atoms with Crippen molar-refractivity contribution in [3.8, 4) is 0 Å². The number of anilines is 1. The molecule has 0 aliphatic rings. The number of amides is 2. The Morgan fingerprint density at radius 2 is 1.69 bits per heavy atom. The van der Waals surface area contributed by atoms with Crippen LogP contribution in [0, 0.1) is 0 Å². The molecule has 2 amide bonds. The van der Waals surface area contributed by atoms with Gasteiger partial charge in [-0.3, -0.25) is 13.9 Å². The molecule has 0 bridgehead atoms. The average Bonchev–Trinajstić information content (AvgIpc) is 2.74. The number of hydrogen-bond acceptors (Lipinski definition) is 4. The number of benzene rings is 2. The van der Waals surface area contributed by atoms with Gasteiger partial charge in [0.1, 0.15) is 12.6 Å². The number of hydrogen-bond donors (Lipinski definition) is 1. The lowest BCUT2D eigenvalue weighted by atomic mass is 10.1. The summed E-state index contributed by atoms with van der Waals surface area (Å²) in [7, 11) is -2.93. The topological polar surface area (TPSA) is 86.8 Å². The number of alkyl halides is 3. The van der Waals surface area contributed by atoms with Crippen LogP contribution in [0.15, 0.2) is 36.4 Å². The van der Waals surface area contributed by atoms with Crippen molar-refractivity contribution in [2.75, 3.05) is 24.2 Å². The van der Waals surface area contributed by atoms with Gasteiger partial charge >= 0.3 is 6.18 Å². The molecule has 1 N–H and O–H groups in total. The maximum absolute atomic E-state index is 13.3. The number of nitrogens with one attached hydrogen (secondary N) is 1. The molecule has 192 valence electrons. The molecule has 0 fully saturated rings. The van der Waals surface area contributed by atoms with Gasteiger partial charge in [0.2, 0.25) is 21.8 Å². The molecule has 7 nitrogen and oxygen atoms in total. The van der Waals surface area contributed by atoms with Gasteiger partial charge in [0.05, 0.1) is 22.5 Å². The van der Waals surface area contributed by atoms with Gasteiger partial charge in [-0.25, -0.2) is 8.42 Å². The molecule has 2 rings (SSSR count). The fourth-order valence-electron chi connectivity index (χ4n) is 3.10. The van der Waals surface area contributed by atoms with Crippen molar-refractivity contribution in [1.82, 2.24) is 10.2 Å². The number of halogens is 6. The molecule has 0 aliphatic carbocycles. The quantitative estimate of drug-likeness (QED) is 0.500. The molecule has 35 heavy (non-hydrogen) atoms. The zero-order valence-electron chi connectivity index (χ0n) is 18.7. The SMILES string of the molecule is CNC(=O)C(C)N(Cc1ccc(Cl)cc1Cl)C(=O)CN(c1cc(C(F)(F)F)ccc1Cl)S(C)(=O)=O. The van der Waals surface area contributed by atoms with Crippen molar-refractivity contribution in [1.29, 1.82) is 0 Å². The van der Waals surface area contributed by atoms with Crippen molar-refractivity contribution < 1.29 is 31.2 Å². The Morgan fingerprint density at radius 3 is 2.20 bits per heavy atom. The minimum absolute atomic E-state index is 0.195. The second-order valence-corrected chi connectivity index (χ2v) is 10.6. The smallest absolute Gasteiger partial charge is 0.357 e. The van der Waals surface area contributed by atoms with Gasteiger partial charge < -0.3 is 10.2 Å². The summed E-state index contributed by atoms with van der Waals surface area (Å²) in [4.78, 5) is 26.7. The number of rotatable bonds is 8. The molecule has 0 spiro atoms. The maximum atomic E-state index is 13.3. The molecular formula is C21H21Cl3F3N3O4S. The lowest BCUT2D eigenvalue weighted by Gasteiger charge is -2.31. The second-order valence-electron chi connectivity index (χ2n) is 7.48. The Balaban J connectivity index is 2.52. The van der Waals surface area contributed by atoms with Gasteiger partial charge in [0.25, 0.3) is 0 Å². The van der Waals surface area contributed by atoms with E-state index in [2.05, 4.69) is 5.32 Å². The summed E-state index contributed by atoms with van der Waals surface area (Å²) in [6, 6.07) is 5.51. The minimum atomic E-state index is -4.78. The Kier molecular flexibility index (Phi) is 9.32. The van der Waals surface area contributed by atoms with Gasteiger partial charge in [0.15, 0.2) is 0 Å². The largest absolute Gasteiger partial charge is 0.416 e. The highest BCUT2D eigenvalue weighted by Crippen LogP contribution is 2.36. The average molecular weight is 575 g/mol. The lowest BCUT2D eigenvalue weighted by Crippen LogP contribution is -2.50. The van der Waals surface area contributed by atoms with Gasteiger partial charge in [0, 0.05) is 23.6 Å². The summed E-state index contributed by atoms with van der Waals surface area (Å²) in [5.74, 6) is -1.45. The van der Waals surface area contributed by atoms with E-state index in [-0.39, 0.29) is 16.6 Å². The van der Waals surface area contributed by atoms with E-state index >= 15 is 0 Å². The van der Waals surface area contributed by atoms with Crippen LogP contribution in [-0.4, -0.2) is 51.0 Å². The van der Waals surface area contributed by atoms with Crippen LogP contribution in [0.25, 0.3) is 0 Å². The minimum Gasteiger partial charge on any atom is -0.357 e. The second kappa shape index (κ2) is 11.2. The first-order valence-electron chi connectivity index (χ1n) is 9.85. The highest BCUT2D eigenvalue weighted by molar-refractivity contribution is 7.92. The molecule has 0 saturated heterocycles. The third-order valence-electron chi connectivity index (χ3n) is 4.99. The van der Waals surface area contributed by atoms with Gasteiger partial charge in [-0.15, -0.1) is 0 Å². The Morgan fingerprint density at radius 1 is 1.06 bits per heavy atom. The van der Waals surface area contributed by atoms with Gasteiger partial charge in [-0.2, -0.15) is 13.2 Å². The molecule has 2 aromatic rings. The van der Waals surface area contributed by atoms with Crippen LogP contribution >= 0.6 is 34.8 Å². The Hall–Kier alpha value is -2.21. The zero-order valence-corrected chi connectivity index (χ0v) is 21.7. The van der Waals surface area contributed by atoms with Crippen LogP contribution in [-0.2, 0) is 32.3 Å². The third kappa shape index (κ3) is 7.39. The first-order valence-corrected chi connectivity index (χ1v) is 12.8. The monoisotopic (exact) mass is 573 g/mol. The van der Waals surface area contributed by atoms with Crippen molar-refractivity contribution in [3.63, 3.8) is 0 Å². The molecule has 0 radical (unpaired) electrons. The van der Waals surface area contributed by atoms with E-state index in [9.17, 15) is 31.2 Å². The summed E-state index contributed by atoms with van der Waals surface area (Å²) in [5.41, 5.74) is -1.28. The van der Waals surface area contributed by atoms with E-state index in [1.54, 1.807) is 0 Å². The molecule has 2 aromatic carbocycles. The molecule has 1 unspecified atom stereocenters. The predicted octanol–water partition coefficient (Wildman–Crippen LogP) is 4.59.